The van der Waals surface area contributed by atoms with Crippen LogP contribution in [0.1, 0.15) is 18.9 Å². The van der Waals surface area contributed by atoms with Crippen LogP contribution in [-0.4, -0.2) is 13.2 Å². The first-order chi connectivity index (χ1) is 7.40. The molecule has 0 unspecified atom stereocenters. The minimum atomic E-state index is 0.644. The van der Waals surface area contributed by atoms with Gasteiger partial charge in [0.25, 0.3) is 0 Å². The van der Waals surface area contributed by atoms with Gasteiger partial charge in [-0.1, -0.05) is 6.07 Å². The molecule has 0 N–H and O–H groups in total. The first-order valence-corrected chi connectivity index (χ1v) is 5.18. The summed E-state index contributed by atoms with van der Waals surface area (Å²) in [5.74, 6) is 7.67. The van der Waals surface area contributed by atoms with Crippen LogP contribution in [0.5, 0.6) is 11.5 Å². The number of rotatable bonds is 2. The molecular formula is C13H14O2. The molecular weight excluding hydrogens is 188 g/mol. The van der Waals surface area contributed by atoms with E-state index in [9.17, 15) is 0 Å². The molecule has 0 spiro atoms. The van der Waals surface area contributed by atoms with Crippen molar-refractivity contribution in [2.75, 3.05) is 13.2 Å². The Balaban J connectivity index is 2.09. The van der Waals surface area contributed by atoms with E-state index in [0.29, 0.717) is 13.2 Å². The molecule has 0 saturated heterocycles. The Morgan fingerprint density at radius 1 is 1.20 bits per heavy atom. The van der Waals surface area contributed by atoms with E-state index in [4.69, 9.17) is 9.47 Å². The Hall–Kier alpha value is -1.62. The lowest BCUT2D eigenvalue weighted by atomic mass is 10.1. The summed E-state index contributed by atoms with van der Waals surface area (Å²) in [7, 11) is 0. The average Bonchev–Trinajstić information content (AvgIpc) is 2.29. The lowest BCUT2D eigenvalue weighted by molar-refractivity contribution is 0.171. The van der Waals surface area contributed by atoms with Crippen LogP contribution >= 0.6 is 0 Å². The maximum Gasteiger partial charge on any atom is 0.161 e. The van der Waals surface area contributed by atoms with Crippen LogP contribution in [0.2, 0.25) is 0 Å². The molecule has 0 aliphatic carbocycles. The third-order valence-electron chi connectivity index (χ3n) is 2.32. The molecule has 1 heterocycles. The van der Waals surface area contributed by atoms with Crippen LogP contribution in [0.3, 0.4) is 0 Å². The van der Waals surface area contributed by atoms with E-state index in [1.807, 2.05) is 19.1 Å². The molecule has 0 radical (unpaired) electrons. The molecule has 0 atom stereocenters. The van der Waals surface area contributed by atoms with Crippen molar-refractivity contribution in [2.24, 2.45) is 0 Å². The van der Waals surface area contributed by atoms with Gasteiger partial charge in [-0.2, -0.15) is 0 Å². The van der Waals surface area contributed by atoms with Crippen LogP contribution < -0.4 is 9.47 Å². The van der Waals surface area contributed by atoms with Crippen molar-refractivity contribution in [3.8, 4) is 23.3 Å². The molecule has 78 valence electrons. The molecule has 15 heavy (non-hydrogen) atoms. The van der Waals surface area contributed by atoms with Gasteiger partial charge in [0, 0.05) is 6.42 Å². The Labute approximate surface area is 90.2 Å². The van der Waals surface area contributed by atoms with E-state index in [0.717, 1.165) is 24.3 Å². The van der Waals surface area contributed by atoms with Crippen molar-refractivity contribution in [2.45, 2.75) is 19.8 Å². The number of ether oxygens (including phenoxy) is 2. The van der Waals surface area contributed by atoms with Gasteiger partial charge in [0.2, 0.25) is 0 Å². The smallest absolute Gasteiger partial charge is 0.161 e. The second-order valence-electron chi connectivity index (χ2n) is 3.40. The monoisotopic (exact) mass is 202 g/mol. The highest BCUT2D eigenvalue weighted by Crippen LogP contribution is 2.30. The molecule has 2 nitrogen and oxygen atoms in total. The zero-order valence-corrected chi connectivity index (χ0v) is 8.88. The Kier molecular flexibility index (Phi) is 3.14. The zero-order valence-electron chi connectivity index (χ0n) is 8.88. The summed E-state index contributed by atoms with van der Waals surface area (Å²) in [5, 5.41) is 0. The number of benzene rings is 1. The SMILES string of the molecule is CC#CCCc1ccc2c(c1)OCCO2. The van der Waals surface area contributed by atoms with Crippen molar-refractivity contribution >= 4 is 0 Å². The highest BCUT2D eigenvalue weighted by Gasteiger charge is 2.10. The van der Waals surface area contributed by atoms with Crippen molar-refractivity contribution in [1.82, 2.24) is 0 Å². The van der Waals surface area contributed by atoms with Gasteiger partial charge in [-0.05, 0) is 31.0 Å². The summed E-state index contributed by atoms with van der Waals surface area (Å²) < 4.78 is 11.0. The molecule has 1 aromatic carbocycles. The minimum Gasteiger partial charge on any atom is -0.486 e. The second-order valence-corrected chi connectivity index (χ2v) is 3.40. The van der Waals surface area contributed by atoms with Gasteiger partial charge in [0.1, 0.15) is 13.2 Å². The van der Waals surface area contributed by atoms with E-state index in [2.05, 4.69) is 17.9 Å². The maximum absolute atomic E-state index is 5.51. The molecule has 0 bridgehead atoms. The summed E-state index contributed by atoms with van der Waals surface area (Å²) >= 11 is 0. The summed E-state index contributed by atoms with van der Waals surface area (Å²) in [5.41, 5.74) is 1.25. The molecule has 0 amide bonds. The lowest BCUT2D eigenvalue weighted by Crippen LogP contribution is -2.15. The van der Waals surface area contributed by atoms with Gasteiger partial charge in [0.15, 0.2) is 11.5 Å². The Morgan fingerprint density at radius 2 is 2.00 bits per heavy atom. The molecule has 0 saturated carbocycles. The van der Waals surface area contributed by atoms with Gasteiger partial charge < -0.3 is 9.47 Å². The number of hydrogen-bond donors (Lipinski definition) is 0. The third kappa shape index (κ3) is 2.44. The van der Waals surface area contributed by atoms with E-state index >= 15 is 0 Å². The molecule has 0 fully saturated rings. The molecule has 2 rings (SSSR count). The van der Waals surface area contributed by atoms with Crippen LogP contribution in [-0.2, 0) is 6.42 Å². The fourth-order valence-corrected chi connectivity index (χ4v) is 1.58. The first kappa shape index (κ1) is 9.92. The number of hydrogen-bond acceptors (Lipinski definition) is 2. The van der Waals surface area contributed by atoms with Gasteiger partial charge in [-0.3, -0.25) is 0 Å². The average molecular weight is 202 g/mol. The highest BCUT2D eigenvalue weighted by atomic mass is 16.6. The Morgan fingerprint density at radius 3 is 2.80 bits per heavy atom. The Bertz CT molecular complexity index is 399. The largest absolute Gasteiger partial charge is 0.486 e. The molecule has 0 aromatic heterocycles. The number of aryl methyl sites for hydroxylation is 1. The normalized spacial score (nSPS) is 12.9. The summed E-state index contributed by atoms with van der Waals surface area (Å²) in [6.45, 7) is 3.16. The first-order valence-electron chi connectivity index (χ1n) is 5.18. The summed E-state index contributed by atoms with van der Waals surface area (Å²) in [6.07, 6.45) is 1.87. The van der Waals surface area contributed by atoms with Gasteiger partial charge in [-0.15, -0.1) is 11.8 Å². The van der Waals surface area contributed by atoms with Crippen LogP contribution in [0.15, 0.2) is 18.2 Å². The molecule has 1 aliphatic heterocycles. The van der Waals surface area contributed by atoms with Crippen molar-refractivity contribution in [3.63, 3.8) is 0 Å². The lowest BCUT2D eigenvalue weighted by Gasteiger charge is -2.18. The van der Waals surface area contributed by atoms with E-state index in [-0.39, 0.29) is 0 Å². The standard InChI is InChI=1S/C13H14O2/c1-2-3-4-5-11-6-7-12-13(10-11)15-9-8-14-12/h6-7,10H,4-5,8-9H2,1H3. The molecule has 1 aliphatic rings. The maximum atomic E-state index is 5.51. The second kappa shape index (κ2) is 4.75. The summed E-state index contributed by atoms with van der Waals surface area (Å²) in [4.78, 5) is 0. The van der Waals surface area contributed by atoms with Crippen molar-refractivity contribution in [1.29, 1.82) is 0 Å². The van der Waals surface area contributed by atoms with Crippen molar-refractivity contribution in [3.05, 3.63) is 23.8 Å². The van der Waals surface area contributed by atoms with E-state index in [1.165, 1.54) is 5.56 Å². The van der Waals surface area contributed by atoms with Crippen LogP contribution in [0.25, 0.3) is 0 Å². The van der Waals surface area contributed by atoms with Crippen LogP contribution in [0.4, 0.5) is 0 Å². The highest BCUT2D eigenvalue weighted by molar-refractivity contribution is 5.43. The van der Waals surface area contributed by atoms with E-state index in [1.54, 1.807) is 0 Å². The predicted octanol–water partition coefficient (Wildman–Crippen LogP) is 2.41. The van der Waals surface area contributed by atoms with Gasteiger partial charge >= 0.3 is 0 Å². The zero-order chi connectivity index (χ0) is 10.5. The number of fused-ring (bicyclic) bond motifs is 1. The predicted molar refractivity (Wildman–Crippen MR) is 59.2 cm³/mol. The summed E-state index contributed by atoms with van der Waals surface area (Å²) in [6, 6.07) is 6.10. The third-order valence-corrected chi connectivity index (χ3v) is 2.32. The van der Waals surface area contributed by atoms with Crippen LogP contribution in [0, 0.1) is 11.8 Å². The minimum absolute atomic E-state index is 0.644. The molecule has 2 heteroatoms. The quantitative estimate of drug-likeness (QED) is 0.686. The van der Waals surface area contributed by atoms with Gasteiger partial charge in [-0.25, -0.2) is 0 Å². The fraction of sp³-hybridized carbons (Fsp3) is 0.385. The van der Waals surface area contributed by atoms with Gasteiger partial charge in [0.05, 0.1) is 0 Å². The van der Waals surface area contributed by atoms with Crippen molar-refractivity contribution < 1.29 is 9.47 Å². The fourth-order valence-electron chi connectivity index (χ4n) is 1.58. The van der Waals surface area contributed by atoms with E-state index < -0.39 is 0 Å². The molecule has 1 aromatic rings. The topological polar surface area (TPSA) is 18.5 Å².